The van der Waals surface area contributed by atoms with Gasteiger partial charge in [0.15, 0.2) is 0 Å². The molecule has 3 N–H and O–H groups in total. The van der Waals surface area contributed by atoms with Gasteiger partial charge in [-0.2, -0.15) is 11.8 Å². The molecule has 1 aromatic rings. The van der Waals surface area contributed by atoms with Crippen LogP contribution in [-0.4, -0.2) is 12.0 Å². The Labute approximate surface area is 106 Å². The van der Waals surface area contributed by atoms with Gasteiger partial charge >= 0.3 is 0 Å². The topological polar surface area (TPSA) is 38.0 Å². The monoisotopic (exact) mass is 312 g/mol. The van der Waals surface area contributed by atoms with Gasteiger partial charge in [-0.25, -0.2) is 4.39 Å². The molecule has 0 aliphatic rings. The molecule has 15 heavy (non-hydrogen) atoms. The SMILES string of the molecule is CSCC(NN)c1ccc(Br)c(Cl)c1F. The van der Waals surface area contributed by atoms with E-state index in [9.17, 15) is 4.39 Å². The standard InChI is InChI=1S/C9H11BrClFN2S/c1-15-4-7(14-13)5-2-3-6(10)8(11)9(5)12/h2-3,7,14H,4,13H2,1H3. The Kier molecular flexibility index (Phi) is 5.35. The minimum Gasteiger partial charge on any atom is -0.271 e. The molecule has 0 aromatic heterocycles. The van der Waals surface area contributed by atoms with Crippen molar-refractivity contribution in [1.29, 1.82) is 0 Å². The minimum atomic E-state index is -0.428. The minimum absolute atomic E-state index is 0.0915. The molecule has 0 saturated heterocycles. The highest BCUT2D eigenvalue weighted by molar-refractivity contribution is 9.10. The fourth-order valence-corrected chi connectivity index (χ4v) is 2.29. The Balaban J connectivity index is 3.07. The van der Waals surface area contributed by atoms with E-state index in [1.807, 2.05) is 6.26 Å². The van der Waals surface area contributed by atoms with Crippen molar-refractivity contribution in [1.82, 2.24) is 5.43 Å². The van der Waals surface area contributed by atoms with Gasteiger partial charge in [0.05, 0.1) is 11.1 Å². The van der Waals surface area contributed by atoms with Gasteiger partial charge in [0.25, 0.3) is 0 Å². The largest absolute Gasteiger partial charge is 0.271 e. The van der Waals surface area contributed by atoms with Gasteiger partial charge < -0.3 is 0 Å². The first-order chi connectivity index (χ1) is 7.11. The zero-order valence-corrected chi connectivity index (χ0v) is 11.2. The summed E-state index contributed by atoms with van der Waals surface area (Å²) >= 11 is 10.5. The van der Waals surface area contributed by atoms with Gasteiger partial charge in [0.2, 0.25) is 0 Å². The van der Waals surface area contributed by atoms with Crippen LogP contribution in [0.25, 0.3) is 0 Å². The summed E-state index contributed by atoms with van der Waals surface area (Å²) in [6.45, 7) is 0. The summed E-state index contributed by atoms with van der Waals surface area (Å²) in [6, 6.07) is 3.16. The molecule has 0 radical (unpaired) electrons. The predicted molar refractivity (Wildman–Crippen MR) is 67.6 cm³/mol. The maximum absolute atomic E-state index is 13.8. The Morgan fingerprint density at radius 2 is 2.33 bits per heavy atom. The van der Waals surface area contributed by atoms with E-state index >= 15 is 0 Å². The van der Waals surface area contributed by atoms with Crippen molar-refractivity contribution < 1.29 is 4.39 Å². The van der Waals surface area contributed by atoms with E-state index in [0.29, 0.717) is 15.8 Å². The molecule has 6 heteroatoms. The van der Waals surface area contributed by atoms with E-state index in [1.165, 1.54) is 0 Å². The zero-order chi connectivity index (χ0) is 11.4. The molecule has 0 amide bonds. The quantitative estimate of drug-likeness (QED) is 0.509. The summed E-state index contributed by atoms with van der Waals surface area (Å²) in [6.07, 6.45) is 1.93. The molecule has 0 aliphatic carbocycles. The summed E-state index contributed by atoms with van der Waals surface area (Å²) in [7, 11) is 0. The van der Waals surface area contributed by atoms with E-state index < -0.39 is 5.82 Å². The van der Waals surface area contributed by atoms with E-state index in [0.717, 1.165) is 0 Å². The number of halogens is 3. The molecule has 1 aromatic carbocycles. The second-order valence-electron chi connectivity index (χ2n) is 2.94. The normalized spacial score (nSPS) is 12.9. The van der Waals surface area contributed by atoms with E-state index in [-0.39, 0.29) is 11.1 Å². The fourth-order valence-electron chi connectivity index (χ4n) is 1.20. The number of nitrogens with one attached hydrogen (secondary N) is 1. The maximum Gasteiger partial charge on any atom is 0.147 e. The molecule has 0 aliphatic heterocycles. The molecule has 1 rings (SSSR count). The van der Waals surface area contributed by atoms with Crippen molar-refractivity contribution in [2.24, 2.45) is 5.84 Å². The lowest BCUT2D eigenvalue weighted by Crippen LogP contribution is -2.30. The summed E-state index contributed by atoms with van der Waals surface area (Å²) < 4.78 is 14.3. The fraction of sp³-hybridized carbons (Fsp3) is 0.333. The number of hydrogen-bond donors (Lipinski definition) is 2. The third-order valence-electron chi connectivity index (χ3n) is 1.97. The van der Waals surface area contributed by atoms with Crippen molar-refractivity contribution >= 4 is 39.3 Å². The third kappa shape index (κ3) is 3.07. The molecular formula is C9H11BrClFN2S. The first kappa shape index (κ1) is 13.3. The lowest BCUT2D eigenvalue weighted by atomic mass is 10.1. The van der Waals surface area contributed by atoms with Crippen LogP contribution in [-0.2, 0) is 0 Å². The molecular weight excluding hydrogens is 303 g/mol. The van der Waals surface area contributed by atoms with Gasteiger partial charge in [-0.15, -0.1) is 0 Å². The van der Waals surface area contributed by atoms with Gasteiger partial charge in [-0.05, 0) is 28.3 Å². The Morgan fingerprint density at radius 1 is 1.67 bits per heavy atom. The average Bonchev–Trinajstić information content (AvgIpc) is 2.24. The molecule has 1 atom stereocenters. The van der Waals surface area contributed by atoms with Gasteiger partial charge in [-0.1, -0.05) is 17.7 Å². The molecule has 0 bridgehead atoms. The number of hydrazine groups is 1. The van der Waals surface area contributed by atoms with Gasteiger partial charge in [-0.3, -0.25) is 11.3 Å². The van der Waals surface area contributed by atoms with Crippen LogP contribution in [0.15, 0.2) is 16.6 Å². The summed E-state index contributed by atoms with van der Waals surface area (Å²) in [5, 5.41) is 0.0915. The number of benzene rings is 1. The molecule has 0 saturated carbocycles. The summed E-state index contributed by atoms with van der Waals surface area (Å²) in [5.41, 5.74) is 3.06. The van der Waals surface area contributed by atoms with E-state index in [2.05, 4.69) is 21.4 Å². The van der Waals surface area contributed by atoms with Crippen molar-refractivity contribution in [3.8, 4) is 0 Å². The molecule has 84 valence electrons. The molecule has 0 heterocycles. The third-order valence-corrected chi connectivity index (χ3v) is 3.90. The Hall–Kier alpha value is 0.190. The summed E-state index contributed by atoms with van der Waals surface area (Å²) in [5.74, 6) is 5.62. The molecule has 2 nitrogen and oxygen atoms in total. The highest BCUT2D eigenvalue weighted by atomic mass is 79.9. The van der Waals surface area contributed by atoms with E-state index in [1.54, 1.807) is 23.9 Å². The van der Waals surface area contributed by atoms with Crippen molar-refractivity contribution in [3.63, 3.8) is 0 Å². The van der Waals surface area contributed by atoms with Crippen LogP contribution in [0.5, 0.6) is 0 Å². The van der Waals surface area contributed by atoms with Crippen molar-refractivity contribution in [2.45, 2.75) is 6.04 Å². The van der Waals surface area contributed by atoms with E-state index in [4.69, 9.17) is 17.4 Å². The predicted octanol–water partition coefficient (Wildman–Crippen LogP) is 3.11. The number of rotatable bonds is 4. The summed E-state index contributed by atoms with van der Waals surface area (Å²) in [4.78, 5) is 0. The number of nitrogens with two attached hydrogens (primary N) is 1. The molecule has 1 unspecified atom stereocenters. The lowest BCUT2D eigenvalue weighted by molar-refractivity contribution is 0.546. The second kappa shape index (κ2) is 6.06. The van der Waals surface area contributed by atoms with Crippen LogP contribution in [0.3, 0.4) is 0 Å². The van der Waals surface area contributed by atoms with Crippen LogP contribution >= 0.6 is 39.3 Å². The van der Waals surface area contributed by atoms with Crippen molar-refractivity contribution in [2.75, 3.05) is 12.0 Å². The lowest BCUT2D eigenvalue weighted by Gasteiger charge is -2.16. The second-order valence-corrected chi connectivity index (χ2v) is 5.08. The van der Waals surface area contributed by atoms with Crippen LogP contribution in [0.2, 0.25) is 5.02 Å². The van der Waals surface area contributed by atoms with Crippen LogP contribution in [0.4, 0.5) is 4.39 Å². The maximum atomic E-state index is 13.8. The van der Waals surface area contributed by atoms with Gasteiger partial charge in [0, 0.05) is 15.8 Å². The zero-order valence-electron chi connectivity index (χ0n) is 8.06. The highest BCUT2D eigenvalue weighted by Crippen LogP contribution is 2.30. The van der Waals surface area contributed by atoms with Gasteiger partial charge in [0.1, 0.15) is 5.82 Å². The van der Waals surface area contributed by atoms with Crippen LogP contribution < -0.4 is 11.3 Å². The highest BCUT2D eigenvalue weighted by Gasteiger charge is 2.17. The Morgan fingerprint density at radius 3 is 2.87 bits per heavy atom. The smallest absolute Gasteiger partial charge is 0.147 e. The first-order valence-corrected chi connectivity index (χ1v) is 6.76. The number of hydrogen-bond acceptors (Lipinski definition) is 3. The molecule has 0 fully saturated rings. The van der Waals surface area contributed by atoms with Crippen LogP contribution in [0, 0.1) is 5.82 Å². The van der Waals surface area contributed by atoms with Crippen LogP contribution in [0.1, 0.15) is 11.6 Å². The molecule has 0 spiro atoms. The first-order valence-electron chi connectivity index (χ1n) is 4.20. The number of thioether (sulfide) groups is 1. The average molecular weight is 314 g/mol. The Bertz CT molecular complexity index is 351. The van der Waals surface area contributed by atoms with Crippen molar-refractivity contribution in [3.05, 3.63) is 33.0 Å².